The number of benzene rings is 1. The third-order valence-electron chi connectivity index (χ3n) is 6.21. The largest absolute Gasteiger partial charge is 0.373 e. The van der Waals surface area contributed by atoms with Gasteiger partial charge in [-0.1, -0.05) is 12.1 Å². The number of hydrogen-bond acceptors (Lipinski definition) is 5. The van der Waals surface area contributed by atoms with E-state index in [0.717, 1.165) is 39.0 Å². The second kappa shape index (κ2) is 7.52. The zero-order valence-corrected chi connectivity index (χ0v) is 17.4. The number of carbonyl (C=O) groups is 1. The van der Waals surface area contributed by atoms with Crippen LogP contribution in [0.5, 0.6) is 0 Å². The van der Waals surface area contributed by atoms with Crippen LogP contribution in [0.2, 0.25) is 0 Å². The molecule has 2 aliphatic rings. The number of rotatable bonds is 3. The summed E-state index contributed by atoms with van der Waals surface area (Å²) in [5.41, 5.74) is 1.41. The normalized spacial score (nSPS) is 25.4. The van der Waals surface area contributed by atoms with Crippen LogP contribution in [0.3, 0.4) is 0 Å². The lowest BCUT2D eigenvalue weighted by atomic mass is 10.1. The van der Waals surface area contributed by atoms with Gasteiger partial charge in [-0.05, 0) is 38.8 Å². The average Bonchev–Trinajstić information content (AvgIpc) is 3.34. The summed E-state index contributed by atoms with van der Waals surface area (Å²) in [6.45, 7) is 7.55. The van der Waals surface area contributed by atoms with E-state index >= 15 is 0 Å². The van der Waals surface area contributed by atoms with Crippen LogP contribution in [-0.2, 0) is 4.74 Å². The molecule has 30 heavy (non-hydrogen) atoms. The van der Waals surface area contributed by atoms with E-state index in [1.807, 2.05) is 23.1 Å². The summed E-state index contributed by atoms with van der Waals surface area (Å²) >= 11 is 0. The molecule has 0 aliphatic carbocycles. The first-order valence-electron chi connectivity index (χ1n) is 10.7. The molecule has 2 saturated heterocycles. The Labute approximate surface area is 174 Å². The summed E-state index contributed by atoms with van der Waals surface area (Å²) in [4.78, 5) is 33.2. The minimum atomic E-state index is -0.207. The van der Waals surface area contributed by atoms with Gasteiger partial charge in [0.05, 0.1) is 29.3 Å². The van der Waals surface area contributed by atoms with Gasteiger partial charge in [0.2, 0.25) is 0 Å². The van der Waals surface area contributed by atoms with E-state index < -0.39 is 0 Å². The fraction of sp³-hybridized carbons (Fsp3) is 0.500. The van der Waals surface area contributed by atoms with Gasteiger partial charge in [0.15, 0.2) is 0 Å². The van der Waals surface area contributed by atoms with E-state index in [-0.39, 0.29) is 29.7 Å². The molecule has 1 N–H and O–H groups in total. The Kier molecular flexibility index (Phi) is 4.83. The van der Waals surface area contributed by atoms with Gasteiger partial charge in [0.25, 0.3) is 11.5 Å². The zero-order valence-electron chi connectivity index (χ0n) is 17.4. The van der Waals surface area contributed by atoms with Crippen molar-refractivity contribution in [1.29, 1.82) is 0 Å². The highest BCUT2D eigenvalue weighted by atomic mass is 16.5. The third kappa shape index (κ3) is 3.30. The third-order valence-corrected chi connectivity index (χ3v) is 6.21. The molecule has 2 fully saturated rings. The van der Waals surface area contributed by atoms with Gasteiger partial charge >= 0.3 is 0 Å². The number of hydrogen-bond donors (Lipinski definition) is 1. The van der Waals surface area contributed by atoms with Crippen LogP contribution in [0, 0.1) is 0 Å². The highest BCUT2D eigenvalue weighted by Gasteiger charge is 2.34. The number of fused-ring (bicyclic) bond motifs is 3. The van der Waals surface area contributed by atoms with Gasteiger partial charge in [0, 0.05) is 32.2 Å². The Balaban J connectivity index is 1.44. The Morgan fingerprint density at radius 2 is 2.00 bits per heavy atom. The molecule has 158 valence electrons. The van der Waals surface area contributed by atoms with Crippen molar-refractivity contribution in [2.24, 2.45) is 0 Å². The monoisotopic (exact) mass is 409 g/mol. The summed E-state index contributed by atoms with van der Waals surface area (Å²) in [5, 5.41) is 4.97. The lowest BCUT2D eigenvalue weighted by Gasteiger charge is -2.38. The Bertz CT molecular complexity index is 1140. The molecule has 1 aromatic carbocycles. The number of ether oxygens (including phenoxy) is 1. The lowest BCUT2D eigenvalue weighted by molar-refractivity contribution is -0.0715. The van der Waals surface area contributed by atoms with Crippen LogP contribution in [0.25, 0.3) is 16.6 Å². The summed E-state index contributed by atoms with van der Waals surface area (Å²) in [6, 6.07) is 7.46. The topological polar surface area (TPSA) is 82.9 Å². The molecule has 4 heterocycles. The Hall–Kier alpha value is -2.71. The predicted octanol–water partition coefficient (Wildman–Crippen LogP) is 1.89. The van der Waals surface area contributed by atoms with Crippen molar-refractivity contribution in [2.75, 3.05) is 26.2 Å². The van der Waals surface area contributed by atoms with Gasteiger partial charge in [-0.2, -0.15) is 5.10 Å². The summed E-state index contributed by atoms with van der Waals surface area (Å²) < 4.78 is 7.49. The SMILES string of the molecule is CC1CN(CC2CCCN2C(=O)c2cnn3c2[nH]c(=O)c2ccccc23)CC(C)O1. The van der Waals surface area contributed by atoms with Gasteiger partial charge in [-0.3, -0.25) is 14.5 Å². The quantitative estimate of drug-likeness (QED) is 0.714. The van der Waals surface area contributed by atoms with Crippen LogP contribution >= 0.6 is 0 Å². The molecule has 2 aromatic heterocycles. The summed E-state index contributed by atoms with van der Waals surface area (Å²) in [6.07, 6.45) is 3.97. The highest BCUT2D eigenvalue weighted by molar-refractivity contribution is 6.01. The first-order valence-corrected chi connectivity index (χ1v) is 10.7. The fourth-order valence-electron chi connectivity index (χ4n) is 5.01. The average molecular weight is 409 g/mol. The number of H-pyrrole nitrogens is 1. The standard InChI is InChI=1S/C22H27N5O3/c1-14-11-25(12-15(2)30-14)13-16-6-5-9-26(16)22(29)18-10-23-27-19-8-4-3-7-17(19)21(28)24-20(18)27/h3-4,7-8,10,14-16H,5-6,9,11-13H2,1-2H3,(H,24,28). The molecule has 3 aromatic rings. The molecule has 1 amide bonds. The maximum Gasteiger partial charge on any atom is 0.259 e. The first kappa shape index (κ1) is 19.3. The lowest BCUT2D eigenvalue weighted by Crippen LogP contribution is -2.50. The van der Waals surface area contributed by atoms with Crippen LogP contribution < -0.4 is 5.56 Å². The molecule has 0 bridgehead atoms. The molecule has 0 spiro atoms. The van der Waals surface area contributed by atoms with Gasteiger partial charge in [-0.25, -0.2) is 4.52 Å². The van der Waals surface area contributed by atoms with Crippen molar-refractivity contribution < 1.29 is 9.53 Å². The van der Waals surface area contributed by atoms with Crippen molar-refractivity contribution in [3.63, 3.8) is 0 Å². The van der Waals surface area contributed by atoms with Crippen molar-refractivity contribution >= 4 is 22.5 Å². The van der Waals surface area contributed by atoms with E-state index in [4.69, 9.17) is 4.74 Å². The minimum Gasteiger partial charge on any atom is -0.373 e. The second-order valence-corrected chi connectivity index (χ2v) is 8.56. The van der Waals surface area contributed by atoms with Crippen molar-refractivity contribution in [1.82, 2.24) is 24.4 Å². The number of nitrogens with one attached hydrogen (secondary N) is 1. The van der Waals surface area contributed by atoms with E-state index in [9.17, 15) is 9.59 Å². The van der Waals surface area contributed by atoms with E-state index in [1.54, 1.807) is 16.8 Å². The van der Waals surface area contributed by atoms with Crippen LogP contribution in [0.1, 0.15) is 37.0 Å². The first-order chi connectivity index (χ1) is 14.5. The molecule has 5 rings (SSSR count). The number of carbonyl (C=O) groups excluding carboxylic acids is 1. The van der Waals surface area contributed by atoms with Crippen molar-refractivity contribution in [2.45, 2.75) is 44.9 Å². The zero-order chi connectivity index (χ0) is 20.8. The van der Waals surface area contributed by atoms with Crippen molar-refractivity contribution in [3.05, 3.63) is 46.4 Å². The maximum atomic E-state index is 13.5. The van der Waals surface area contributed by atoms with Crippen LogP contribution in [0.4, 0.5) is 0 Å². The maximum absolute atomic E-state index is 13.5. The summed E-state index contributed by atoms with van der Waals surface area (Å²) in [7, 11) is 0. The molecular weight excluding hydrogens is 382 g/mol. The fourth-order valence-corrected chi connectivity index (χ4v) is 5.01. The van der Waals surface area contributed by atoms with E-state index in [0.29, 0.717) is 22.1 Å². The summed E-state index contributed by atoms with van der Waals surface area (Å²) in [5.74, 6) is -0.0622. The second-order valence-electron chi connectivity index (χ2n) is 8.56. The molecule has 2 aliphatic heterocycles. The number of aromatic nitrogens is 3. The van der Waals surface area contributed by atoms with E-state index in [1.165, 1.54) is 0 Å². The van der Waals surface area contributed by atoms with Gasteiger partial charge in [0.1, 0.15) is 11.2 Å². The van der Waals surface area contributed by atoms with Crippen molar-refractivity contribution in [3.8, 4) is 0 Å². The molecule has 0 radical (unpaired) electrons. The molecule has 3 atom stereocenters. The van der Waals surface area contributed by atoms with Gasteiger partial charge < -0.3 is 14.6 Å². The smallest absolute Gasteiger partial charge is 0.259 e. The predicted molar refractivity (Wildman–Crippen MR) is 114 cm³/mol. The molecule has 3 unspecified atom stereocenters. The van der Waals surface area contributed by atoms with Crippen LogP contribution in [0.15, 0.2) is 35.3 Å². The Morgan fingerprint density at radius 1 is 1.23 bits per heavy atom. The Morgan fingerprint density at radius 3 is 2.80 bits per heavy atom. The number of aromatic amines is 1. The number of likely N-dealkylation sites (tertiary alicyclic amines) is 1. The molecular formula is C22H27N5O3. The molecule has 8 nitrogen and oxygen atoms in total. The molecule has 0 saturated carbocycles. The number of para-hydroxylation sites is 1. The number of nitrogens with zero attached hydrogens (tertiary/aromatic N) is 4. The number of morpholine rings is 1. The van der Waals surface area contributed by atoms with E-state index in [2.05, 4.69) is 28.8 Å². The molecule has 8 heteroatoms. The number of amides is 1. The van der Waals surface area contributed by atoms with Crippen LogP contribution in [-0.4, -0.2) is 74.7 Å². The minimum absolute atomic E-state index is 0.0622. The van der Waals surface area contributed by atoms with Gasteiger partial charge in [-0.15, -0.1) is 0 Å². The highest BCUT2D eigenvalue weighted by Crippen LogP contribution is 2.24.